The smallest absolute Gasteiger partial charge is 0.220 e. The molecule has 0 bridgehead atoms. The number of amides is 1. The summed E-state index contributed by atoms with van der Waals surface area (Å²) in [6, 6.07) is 0. The summed E-state index contributed by atoms with van der Waals surface area (Å²) in [6.07, 6.45) is -3.88. The first-order valence-corrected chi connectivity index (χ1v) is 8.78. The molecule has 1 saturated heterocycles. The highest BCUT2D eigenvalue weighted by atomic mass is 32.2. The van der Waals surface area contributed by atoms with Crippen molar-refractivity contribution in [1.29, 1.82) is 0 Å². The zero-order valence-corrected chi connectivity index (χ0v) is 13.9. The number of aliphatic hydroxyl groups is 3. The summed E-state index contributed by atoms with van der Waals surface area (Å²) in [4.78, 5) is 11.2. The standard InChI is InChI=1S/C14H27NO6S/c1-3-15-10(16)5-8-22-7-4-6-20-14-13(19)12(18)11(17)9(2)21-14/h9,11-14,17-19H,3-8H2,1-2H3,(H,15,16)/t9?,11-,12?,13+,14+/m1/s1. The van der Waals surface area contributed by atoms with Gasteiger partial charge in [0.15, 0.2) is 6.29 Å². The first kappa shape index (κ1) is 19.7. The third kappa shape index (κ3) is 6.39. The van der Waals surface area contributed by atoms with Gasteiger partial charge in [0.2, 0.25) is 5.91 Å². The first-order chi connectivity index (χ1) is 10.5. The molecule has 0 saturated carbocycles. The Hall–Kier alpha value is -0.380. The normalized spacial score (nSPS) is 32.0. The second kappa shape index (κ2) is 10.4. The van der Waals surface area contributed by atoms with Crippen LogP contribution in [0.3, 0.4) is 0 Å². The molecule has 1 heterocycles. The van der Waals surface area contributed by atoms with Crippen LogP contribution in [0, 0.1) is 0 Å². The molecule has 0 aliphatic carbocycles. The Morgan fingerprint density at radius 1 is 1.23 bits per heavy atom. The maximum Gasteiger partial charge on any atom is 0.220 e. The molecule has 0 radical (unpaired) electrons. The Morgan fingerprint density at radius 2 is 1.95 bits per heavy atom. The molecule has 2 unspecified atom stereocenters. The molecule has 1 rings (SSSR count). The quantitative estimate of drug-likeness (QED) is 0.419. The molecule has 0 spiro atoms. The largest absolute Gasteiger partial charge is 0.388 e. The molecule has 1 aliphatic heterocycles. The molecule has 0 aromatic heterocycles. The number of carbonyl (C=O) groups excluding carboxylic acids is 1. The summed E-state index contributed by atoms with van der Waals surface area (Å²) >= 11 is 1.66. The van der Waals surface area contributed by atoms with Gasteiger partial charge in [0.1, 0.15) is 18.3 Å². The van der Waals surface area contributed by atoms with Crippen molar-refractivity contribution in [2.24, 2.45) is 0 Å². The molecule has 130 valence electrons. The van der Waals surface area contributed by atoms with E-state index in [1.807, 2.05) is 6.92 Å². The Bertz CT molecular complexity index is 332. The SMILES string of the molecule is CCNC(=O)CCSCCCO[C@H]1OC(C)[C@@H](O)C(O)[C@@H]1O. The van der Waals surface area contributed by atoms with Crippen LogP contribution in [-0.2, 0) is 14.3 Å². The van der Waals surface area contributed by atoms with Gasteiger partial charge >= 0.3 is 0 Å². The molecule has 0 aromatic rings. The van der Waals surface area contributed by atoms with Gasteiger partial charge in [-0.05, 0) is 26.0 Å². The fourth-order valence-corrected chi connectivity index (χ4v) is 2.92. The molecular formula is C14H27NO6S. The van der Waals surface area contributed by atoms with Crippen molar-refractivity contribution in [3.63, 3.8) is 0 Å². The number of rotatable bonds is 9. The van der Waals surface area contributed by atoms with Crippen LogP contribution in [0.1, 0.15) is 26.7 Å². The average molecular weight is 337 g/mol. The van der Waals surface area contributed by atoms with Crippen molar-refractivity contribution in [3.8, 4) is 0 Å². The maximum absolute atomic E-state index is 11.2. The van der Waals surface area contributed by atoms with E-state index in [2.05, 4.69) is 5.32 Å². The highest BCUT2D eigenvalue weighted by molar-refractivity contribution is 7.99. The van der Waals surface area contributed by atoms with Crippen molar-refractivity contribution in [3.05, 3.63) is 0 Å². The van der Waals surface area contributed by atoms with Gasteiger partial charge in [0, 0.05) is 18.7 Å². The summed E-state index contributed by atoms with van der Waals surface area (Å²) in [5, 5.41) is 31.7. The summed E-state index contributed by atoms with van der Waals surface area (Å²) in [7, 11) is 0. The molecular weight excluding hydrogens is 310 g/mol. The topological polar surface area (TPSA) is 108 Å². The van der Waals surface area contributed by atoms with Crippen LogP contribution < -0.4 is 5.32 Å². The molecule has 1 fully saturated rings. The van der Waals surface area contributed by atoms with Crippen LogP contribution in [0.5, 0.6) is 0 Å². The number of ether oxygens (including phenoxy) is 2. The molecule has 1 aliphatic rings. The van der Waals surface area contributed by atoms with Gasteiger partial charge in [-0.15, -0.1) is 0 Å². The zero-order valence-electron chi connectivity index (χ0n) is 13.1. The van der Waals surface area contributed by atoms with Crippen LogP contribution in [0.2, 0.25) is 0 Å². The third-order valence-corrected chi connectivity index (χ3v) is 4.44. The predicted octanol–water partition coefficient (Wildman–Crippen LogP) is -0.520. The van der Waals surface area contributed by atoms with E-state index in [4.69, 9.17) is 9.47 Å². The van der Waals surface area contributed by atoms with Gasteiger partial charge in [-0.1, -0.05) is 0 Å². The minimum atomic E-state index is -1.26. The van der Waals surface area contributed by atoms with E-state index in [-0.39, 0.29) is 5.91 Å². The Labute approximate surface area is 135 Å². The highest BCUT2D eigenvalue weighted by Crippen LogP contribution is 2.21. The monoisotopic (exact) mass is 337 g/mol. The van der Waals surface area contributed by atoms with Crippen molar-refractivity contribution in [2.75, 3.05) is 24.7 Å². The summed E-state index contributed by atoms with van der Waals surface area (Å²) in [5.74, 6) is 1.66. The highest BCUT2D eigenvalue weighted by Gasteiger charge is 2.42. The van der Waals surface area contributed by atoms with Crippen molar-refractivity contribution >= 4 is 17.7 Å². The van der Waals surface area contributed by atoms with Crippen molar-refractivity contribution < 1.29 is 29.6 Å². The van der Waals surface area contributed by atoms with Gasteiger partial charge in [-0.3, -0.25) is 4.79 Å². The Balaban J connectivity index is 2.08. The second-order valence-electron chi connectivity index (χ2n) is 5.22. The molecule has 5 atom stereocenters. The molecule has 4 N–H and O–H groups in total. The maximum atomic E-state index is 11.2. The zero-order chi connectivity index (χ0) is 16.5. The molecule has 0 aromatic carbocycles. The molecule has 1 amide bonds. The van der Waals surface area contributed by atoms with E-state index in [0.717, 1.165) is 17.9 Å². The Kier molecular flexibility index (Phi) is 9.30. The van der Waals surface area contributed by atoms with E-state index in [1.165, 1.54) is 0 Å². The van der Waals surface area contributed by atoms with Gasteiger partial charge < -0.3 is 30.1 Å². The van der Waals surface area contributed by atoms with E-state index in [0.29, 0.717) is 19.6 Å². The van der Waals surface area contributed by atoms with Gasteiger partial charge in [-0.2, -0.15) is 11.8 Å². The summed E-state index contributed by atoms with van der Waals surface area (Å²) < 4.78 is 10.7. The third-order valence-electron chi connectivity index (χ3n) is 3.37. The van der Waals surface area contributed by atoms with E-state index >= 15 is 0 Å². The van der Waals surface area contributed by atoms with Gasteiger partial charge in [-0.25, -0.2) is 0 Å². The minimum Gasteiger partial charge on any atom is -0.388 e. The van der Waals surface area contributed by atoms with E-state index in [1.54, 1.807) is 18.7 Å². The van der Waals surface area contributed by atoms with Gasteiger partial charge in [0.05, 0.1) is 12.7 Å². The number of carbonyl (C=O) groups is 1. The van der Waals surface area contributed by atoms with Crippen LogP contribution in [-0.4, -0.2) is 76.6 Å². The lowest BCUT2D eigenvalue weighted by molar-refractivity contribution is -0.292. The fourth-order valence-electron chi connectivity index (χ4n) is 2.06. The lowest BCUT2D eigenvalue weighted by Crippen LogP contribution is -2.57. The van der Waals surface area contributed by atoms with Crippen LogP contribution in [0.15, 0.2) is 0 Å². The Morgan fingerprint density at radius 3 is 2.64 bits per heavy atom. The lowest BCUT2D eigenvalue weighted by Gasteiger charge is -2.38. The van der Waals surface area contributed by atoms with E-state index < -0.39 is 30.7 Å². The number of nitrogens with one attached hydrogen (secondary N) is 1. The fraction of sp³-hybridized carbons (Fsp3) is 0.929. The molecule has 7 nitrogen and oxygen atoms in total. The summed E-state index contributed by atoms with van der Waals surface area (Å²) in [5.41, 5.74) is 0. The van der Waals surface area contributed by atoms with Gasteiger partial charge in [0.25, 0.3) is 0 Å². The molecule has 22 heavy (non-hydrogen) atoms. The predicted molar refractivity (Wildman–Crippen MR) is 83.6 cm³/mol. The molecule has 8 heteroatoms. The lowest BCUT2D eigenvalue weighted by atomic mass is 10.0. The van der Waals surface area contributed by atoms with Crippen LogP contribution in [0.4, 0.5) is 0 Å². The van der Waals surface area contributed by atoms with Crippen molar-refractivity contribution in [2.45, 2.75) is 57.4 Å². The second-order valence-corrected chi connectivity index (χ2v) is 6.45. The van der Waals surface area contributed by atoms with Crippen LogP contribution >= 0.6 is 11.8 Å². The number of thioether (sulfide) groups is 1. The van der Waals surface area contributed by atoms with Crippen molar-refractivity contribution in [1.82, 2.24) is 5.32 Å². The van der Waals surface area contributed by atoms with Crippen LogP contribution in [0.25, 0.3) is 0 Å². The number of hydrogen-bond acceptors (Lipinski definition) is 7. The summed E-state index contributed by atoms with van der Waals surface area (Å²) in [6.45, 7) is 4.54. The number of aliphatic hydroxyl groups excluding tert-OH is 3. The number of hydrogen-bond donors (Lipinski definition) is 4. The first-order valence-electron chi connectivity index (χ1n) is 7.63. The van der Waals surface area contributed by atoms with E-state index in [9.17, 15) is 20.1 Å². The average Bonchev–Trinajstić information content (AvgIpc) is 2.49. The minimum absolute atomic E-state index is 0.0616.